The molecule has 1 aromatic heterocycles. The van der Waals surface area contributed by atoms with E-state index in [1.807, 2.05) is 12.1 Å². The van der Waals surface area contributed by atoms with Crippen molar-refractivity contribution in [2.45, 2.75) is 25.4 Å². The first-order valence-corrected chi connectivity index (χ1v) is 6.27. The molecule has 6 nitrogen and oxygen atoms in total. The Morgan fingerprint density at radius 2 is 2.53 bits per heavy atom. The first-order chi connectivity index (χ1) is 9.11. The average molecular weight is 259 g/mol. The molecule has 0 radical (unpaired) electrons. The third-order valence-corrected chi connectivity index (χ3v) is 3.33. The summed E-state index contributed by atoms with van der Waals surface area (Å²) >= 11 is 0. The lowest BCUT2D eigenvalue weighted by molar-refractivity contribution is -0.119. The molecule has 1 aliphatic rings. The van der Waals surface area contributed by atoms with Crippen molar-refractivity contribution < 1.29 is 4.79 Å². The van der Waals surface area contributed by atoms with Gasteiger partial charge >= 0.3 is 0 Å². The topological polar surface area (TPSA) is 95.0 Å². The van der Waals surface area contributed by atoms with Gasteiger partial charge < -0.3 is 16.0 Å². The van der Waals surface area contributed by atoms with Crippen LogP contribution in [0.4, 0.5) is 5.69 Å². The molecule has 0 aromatic carbocycles. The number of aromatic nitrogens is 1. The molecule has 2 rings (SSSR count). The number of pyridine rings is 1. The van der Waals surface area contributed by atoms with Crippen LogP contribution in [-0.4, -0.2) is 36.1 Å². The molecule has 2 heterocycles. The van der Waals surface area contributed by atoms with Crippen LogP contribution in [0.25, 0.3) is 0 Å². The van der Waals surface area contributed by atoms with Gasteiger partial charge in [0.15, 0.2) is 5.69 Å². The molecular weight excluding hydrogens is 242 g/mol. The Kier molecular flexibility index (Phi) is 3.97. The predicted molar refractivity (Wildman–Crippen MR) is 71.4 cm³/mol. The molecule has 0 unspecified atom stereocenters. The molecule has 1 saturated heterocycles. The van der Waals surface area contributed by atoms with Crippen molar-refractivity contribution in [3.05, 3.63) is 24.0 Å². The van der Waals surface area contributed by atoms with Crippen LogP contribution in [0.1, 0.15) is 19.0 Å². The number of rotatable bonds is 4. The molecule has 1 fully saturated rings. The van der Waals surface area contributed by atoms with Gasteiger partial charge in [0.05, 0.1) is 11.7 Å². The van der Waals surface area contributed by atoms with E-state index < -0.39 is 0 Å². The lowest BCUT2D eigenvalue weighted by atomic mass is 10.2. The molecule has 1 aliphatic heterocycles. The zero-order valence-corrected chi connectivity index (χ0v) is 10.8. The number of primary amides is 1. The Balaban J connectivity index is 2.02. The monoisotopic (exact) mass is 259 g/mol. The van der Waals surface area contributed by atoms with Crippen LogP contribution >= 0.6 is 0 Å². The fourth-order valence-corrected chi connectivity index (χ4v) is 2.29. The largest absolute Gasteiger partial charge is 0.368 e. The number of nitrogens with zero attached hydrogens (tertiary/aromatic N) is 3. The number of carbonyl (C=O) groups excluding carboxylic acids is 1. The molecule has 0 spiro atoms. The predicted octanol–water partition coefficient (Wildman–Crippen LogP) is -0.00462. The van der Waals surface area contributed by atoms with Crippen molar-refractivity contribution in [2.24, 2.45) is 5.73 Å². The molecule has 2 atom stereocenters. The van der Waals surface area contributed by atoms with Crippen LogP contribution in [0.3, 0.4) is 0 Å². The van der Waals surface area contributed by atoms with E-state index in [4.69, 9.17) is 11.0 Å². The first-order valence-electron chi connectivity index (χ1n) is 6.27. The summed E-state index contributed by atoms with van der Waals surface area (Å²) in [5, 5.41) is 12.2. The van der Waals surface area contributed by atoms with Crippen LogP contribution in [0, 0.1) is 11.3 Å². The molecular formula is C13H17N5O. The lowest BCUT2D eigenvalue weighted by Gasteiger charge is -2.20. The van der Waals surface area contributed by atoms with Gasteiger partial charge in [-0.2, -0.15) is 5.26 Å². The quantitative estimate of drug-likeness (QED) is 0.793. The van der Waals surface area contributed by atoms with Crippen molar-refractivity contribution in [3.63, 3.8) is 0 Å². The summed E-state index contributed by atoms with van der Waals surface area (Å²) in [6.07, 6.45) is 2.53. The normalized spacial score (nSPS) is 20.0. The number of nitrogens with one attached hydrogen (secondary N) is 1. The number of carbonyl (C=O) groups is 1. The van der Waals surface area contributed by atoms with Gasteiger partial charge in [0.1, 0.15) is 6.07 Å². The molecule has 0 aliphatic carbocycles. The third-order valence-electron chi connectivity index (χ3n) is 3.33. The Morgan fingerprint density at radius 3 is 3.21 bits per heavy atom. The zero-order valence-electron chi connectivity index (χ0n) is 10.8. The Hall–Kier alpha value is -2.13. The second-order valence-corrected chi connectivity index (χ2v) is 4.71. The molecule has 1 amide bonds. The van der Waals surface area contributed by atoms with Gasteiger partial charge in [-0.15, -0.1) is 0 Å². The zero-order chi connectivity index (χ0) is 13.8. The molecule has 1 aromatic rings. The number of nitriles is 1. The van der Waals surface area contributed by atoms with Gasteiger partial charge in [0.2, 0.25) is 5.91 Å². The number of hydrogen-bond acceptors (Lipinski definition) is 5. The van der Waals surface area contributed by atoms with Crippen molar-refractivity contribution in [2.75, 3.05) is 18.0 Å². The lowest BCUT2D eigenvalue weighted by Crippen LogP contribution is -2.45. The van der Waals surface area contributed by atoms with E-state index >= 15 is 0 Å². The van der Waals surface area contributed by atoms with E-state index in [0.717, 1.165) is 25.2 Å². The van der Waals surface area contributed by atoms with Gasteiger partial charge in [-0.25, -0.2) is 4.98 Å². The van der Waals surface area contributed by atoms with Crippen LogP contribution in [0.2, 0.25) is 0 Å². The van der Waals surface area contributed by atoms with Crippen molar-refractivity contribution in [1.82, 2.24) is 10.3 Å². The van der Waals surface area contributed by atoms with E-state index in [-0.39, 0.29) is 18.0 Å². The molecule has 6 heteroatoms. The summed E-state index contributed by atoms with van der Waals surface area (Å²) in [5.74, 6) is -0.349. The van der Waals surface area contributed by atoms with E-state index in [1.54, 1.807) is 13.1 Å². The maximum absolute atomic E-state index is 11.0. The van der Waals surface area contributed by atoms with E-state index in [2.05, 4.69) is 21.3 Å². The molecule has 3 N–H and O–H groups in total. The van der Waals surface area contributed by atoms with Crippen LogP contribution in [-0.2, 0) is 4.79 Å². The fourth-order valence-electron chi connectivity index (χ4n) is 2.29. The Bertz CT molecular complexity index is 510. The highest BCUT2D eigenvalue weighted by Crippen LogP contribution is 2.22. The second kappa shape index (κ2) is 5.67. The highest BCUT2D eigenvalue weighted by molar-refractivity contribution is 5.79. The smallest absolute Gasteiger partial charge is 0.234 e. The SMILES string of the molecule is C[C@H](N[C@H]1CCN(c2cccnc2C#N)C1)C(N)=O. The van der Waals surface area contributed by atoms with Crippen LogP contribution < -0.4 is 16.0 Å². The second-order valence-electron chi connectivity index (χ2n) is 4.71. The van der Waals surface area contributed by atoms with Gasteiger partial charge in [0, 0.05) is 25.3 Å². The van der Waals surface area contributed by atoms with E-state index in [9.17, 15) is 4.79 Å². The van der Waals surface area contributed by atoms with Gasteiger partial charge in [-0.3, -0.25) is 4.79 Å². The summed E-state index contributed by atoms with van der Waals surface area (Å²) in [6, 6.07) is 5.68. The summed E-state index contributed by atoms with van der Waals surface area (Å²) in [4.78, 5) is 17.2. The van der Waals surface area contributed by atoms with E-state index in [1.165, 1.54) is 0 Å². The first kappa shape index (κ1) is 13.3. The fraction of sp³-hybridized carbons (Fsp3) is 0.462. The summed E-state index contributed by atoms with van der Waals surface area (Å²) in [7, 11) is 0. The Morgan fingerprint density at radius 1 is 1.74 bits per heavy atom. The number of nitrogens with two attached hydrogens (primary N) is 1. The standard InChI is InChI=1S/C13H17N5O/c1-9(13(15)19)17-10-4-6-18(8-10)12-3-2-5-16-11(12)7-14/h2-3,5,9-10,17H,4,6,8H2,1H3,(H2,15,19)/t9-,10-/m0/s1. The molecule has 19 heavy (non-hydrogen) atoms. The van der Waals surface area contributed by atoms with Crippen molar-refractivity contribution in [1.29, 1.82) is 5.26 Å². The number of amides is 1. The minimum atomic E-state index is -0.349. The highest BCUT2D eigenvalue weighted by Gasteiger charge is 2.26. The van der Waals surface area contributed by atoms with Crippen molar-refractivity contribution in [3.8, 4) is 6.07 Å². The molecule has 0 bridgehead atoms. The minimum absolute atomic E-state index is 0.203. The van der Waals surface area contributed by atoms with E-state index in [0.29, 0.717) is 5.69 Å². The van der Waals surface area contributed by atoms with Crippen LogP contribution in [0.5, 0.6) is 0 Å². The minimum Gasteiger partial charge on any atom is -0.368 e. The highest BCUT2D eigenvalue weighted by atomic mass is 16.1. The summed E-state index contributed by atoms with van der Waals surface area (Å²) in [5.41, 5.74) is 6.52. The Labute approximate surface area is 112 Å². The average Bonchev–Trinajstić information content (AvgIpc) is 2.86. The number of hydrogen-bond donors (Lipinski definition) is 2. The molecule has 100 valence electrons. The van der Waals surface area contributed by atoms with Crippen LogP contribution in [0.15, 0.2) is 18.3 Å². The summed E-state index contributed by atoms with van der Waals surface area (Å²) in [6.45, 7) is 3.34. The van der Waals surface area contributed by atoms with Gasteiger partial charge in [-0.1, -0.05) is 0 Å². The third kappa shape index (κ3) is 3.01. The van der Waals surface area contributed by atoms with Crippen molar-refractivity contribution >= 4 is 11.6 Å². The maximum atomic E-state index is 11.0. The molecule has 0 saturated carbocycles. The summed E-state index contributed by atoms with van der Waals surface area (Å²) < 4.78 is 0. The number of anilines is 1. The van der Waals surface area contributed by atoms with Gasteiger partial charge in [-0.05, 0) is 25.5 Å². The van der Waals surface area contributed by atoms with Gasteiger partial charge in [0.25, 0.3) is 0 Å². The maximum Gasteiger partial charge on any atom is 0.234 e.